The number of guanidine groups is 2. The molecular weight excluding hydrogens is 126 g/mol. The van der Waals surface area contributed by atoms with E-state index in [1.165, 1.54) is 0 Å². The van der Waals surface area contributed by atoms with Crippen molar-refractivity contribution >= 4 is 11.9 Å². The highest BCUT2D eigenvalue weighted by Crippen LogP contribution is 1.58. The summed E-state index contributed by atoms with van der Waals surface area (Å²) >= 11 is 0. The van der Waals surface area contributed by atoms with Gasteiger partial charge in [0.15, 0.2) is 0 Å². The number of hydrogen-bond acceptors (Lipinski definition) is 4. The first-order chi connectivity index (χ1) is 4.20. The van der Waals surface area contributed by atoms with Crippen molar-refractivity contribution in [2.45, 2.75) is 0 Å². The van der Waals surface area contributed by atoms with E-state index < -0.39 is 0 Å². The number of rotatable bonds is 0. The van der Waals surface area contributed by atoms with Crippen molar-refractivity contribution in [3.05, 3.63) is 0 Å². The Bertz CT molecular complexity index is 124. The fourth-order valence-corrected chi connectivity index (χ4v) is 0.181. The van der Waals surface area contributed by atoms with Crippen LogP contribution in [0.3, 0.4) is 0 Å². The normalized spacial score (nSPS) is 13.3. The van der Waals surface area contributed by atoms with Crippen molar-refractivity contribution in [1.82, 2.24) is 5.32 Å². The van der Waals surface area contributed by atoms with E-state index in [4.69, 9.17) is 21.9 Å². The molecule has 0 aromatic rings. The van der Waals surface area contributed by atoms with Crippen molar-refractivity contribution in [1.29, 1.82) is 0 Å². The van der Waals surface area contributed by atoms with Gasteiger partial charge in [-0.1, -0.05) is 10.3 Å². The minimum absolute atomic E-state index is 0.342. The summed E-state index contributed by atoms with van der Waals surface area (Å²) in [4.78, 5) is 0. The Balaban J connectivity index is 3.75. The SMILES string of the molecule is N/C(=N\O)N/C(N)=N/O. The van der Waals surface area contributed by atoms with E-state index in [0.717, 1.165) is 0 Å². The summed E-state index contributed by atoms with van der Waals surface area (Å²) < 4.78 is 0. The summed E-state index contributed by atoms with van der Waals surface area (Å²) in [5.41, 5.74) is 9.73. The summed E-state index contributed by atoms with van der Waals surface area (Å²) in [6.07, 6.45) is 0. The van der Waals surface area contributed by atoms with Gasteiger partial charge in [0.25, 0.3) is 0 Å². The van der Waals surface area contributed by atoms with Crippen LogP contribution in [0.25, 0.3) is 0 Å². The maximum atomic E-state index is 7.89. The molecule has 0 aliphatic carbocycles. The number of hydrogen-bond donors (Lipinski definition) is 5. The zero-order valence-corrected chi connectivity index (χ0v) is 4.44. The average molecular weight is 133 g/mol. The van der Waals surface area contributed by atoms with Gasteiger partial charge < -0.3 is 21.9 Å². The Kier molecular flexibility index (Phi) is 2.74. The van der Waals surface area contributed by atoms with E-state index >= 15 is 0 Å². The lowest BCUT2D eigenvalue weighted by atomic mass is 10.9. The molecule has 0 spiro atoms. The van der Waals surface area contributed by atoms with Gasteiger partial charge in [0.2, 0.25) is 11.9 Å². The van der Waals surface area contributed by atoms with E-state index in [1.54, 1.807) is 0 Å². The number of nitrogens with two attached hydrogens (primary N) is 2. The Hall–Kier alpha value is -1.66. The molecule has 0 saturated heterocycles. The van der Waals surface area contributed by atoms with Crippen LogP contribution < -0.4 is 16.8 Å². The van der Waals surface area contributed by atoms with Gasteiger partial charge >= 0.3 is 0 Å². The van der Waals surface area contributed by atoms with Crippen LogP contribution in [0.15, 0.2) is 10.3 Å². The molecule has 9 heavy (non-hydrogen) atoms. The smallest absolute Gasteiger partial charge is 0.237 e. The molecule has 7 nitrogen and oxygen atoms in total. The van der Waals surface area contributed by atoms with Gasteiger partial charge in [-0.2, -0.15) is 0 Å². The Labute approximate surface area is 50.6 Å². The van der Waals surface area contributed by atoms with E-state index in [2.05, 4.69) is 10.3 Å². The van der Waals surface area contributed by atoms with Crippen molar-refractivity contribution in [3.8, 4) is 0 Å². The standard InChI is InChI=1S/C2H7N5O2/c3-1(6-8)5-2(4)7-9/h8-9H,(H5,3,4,5,6,7). The molecule has 7 N–H and O–H groups in total. The molecule has 0 unspecified atom stereocenters. The van der Waals surface area contributed by atoms with Crippen LogP contribution in [-0.4, -0.2) is 22.3 Å². The maximum absolute atomic E-state index is 7.89. The van der Waals surface area contributed by atoms with Crippen LogP contribution in [-0.2, 0) is 0 Å². The zero-order chi connectivity index (χ0) is 7.28. The highest BCUT2D eigenvalue weighted by Gasteiger charge is 1.91. The molecular formula is C2H7N5O2. The van der Waals surface area contributed by atoms with E-state index in [0.29, 0.717) is 0 Å². The molecule has 52 valence electrons. The quantitative estimate of drug-likeness (QED) is 0.113. The van der Waals surface area contributed by atoms with Crippen molar-refractivity contribution in [3.63, 3.8) is 0 Å². The second-order valence-corrected chi connectivity index (χ2v) is 1.10. The molecule has 0 aromatic carbocycles. The van der Waals surface area contributed by atoms with Crippen LogP contribution in [0.4, 0.5) is 0 Å². The average Bonchev–Trinajstić information content (AvgIpc) is 1.87. The van der Waals surface area contributed by atoms with Gasteiger partial charge in [-0.05, 0) is 0 Å². The highest BCUT2D eigenvalue weighted by molar-refractivity contribution is 5.96. The van der Waals surface area contributed by atoms with E-state index in [1.807, 2.05) is 5.32 Å². The first-order valence-corrected chi connectivity index (χ1v) is 1.92. The molecule has 0 aliphatic heterocycles. The first kappa shape index (κ1) is 7.34. The van der Waals surface area contributed by atoms with Gasteiger partial charge in [-0.15, -0.1) is 0 Å². The summed E-state index contributed by atoms with van der Waals surface area (Å²) in [5, 5.41) is 22.8. The van der Waals surface area contributed by atoms with E-state index in [-0.39, 0.29) is 11.9 Å². The van der Waals surface area contributed by atoms with Crippen molar-refractivity contribution < 1.29 is 10.4 Å². The maximum Gasteiger partial charge on any atom is 0.237 e. The molecule has 0 radical (unpaired) electrons. The van der Waals surface area contributed by atoms with Gasteiger partial charge in [0, 0.05) is 0 Å². The Morgan fingerprint density at radius 2 is 1.44 bits per heavy atom. The molecule has 7 heteroatoms. The van der Waals surface area contributed by atoms with Gasteiger partial charge in [-0.3, -0.25) is 5.32 Å². The number of nitrogens with zero attached hydrogens (tertiary/aromatic N) is 2. The summed E-state index contributed by atoms with van der Waals surface area (Å²) in [5.74, 6) is -0.685. The molecule has 0 saturated carbocycles. The van der Waals surface area contributed by atoms with Crippen LogP contribution in [0.1, 0.15) is 0 Å². The lowest BCUT2D eigenvalue weighted by Gasteiger charge is -1.97. The molecule has 0 atom stereocenters. The monoisotopic (exact) mass is 133 g/mol. The molecule has 0 heterocycles. The third kappa shape index (κ3) is 2.97. The predicted octanol–water partition coefficient (Wildman–Crippen LogP) is -2.02. The molecule has 0 aromatic heterocycles. The third-order valence-electron chi connectivity index (χ3n) is 0.472. The first-order valence-electron chi connectivity index (χ1n) is 1.92. The van der Waals surface area contributed by atoms with Crippen LogP contribution in [0.5, 0.6) is 0 Å². The zero-order valence-electron chi connectivity index (χ0n) is 4.44. The van der Waals surface area contributed by atoms with E-state index in [9.17, 15) is 0 Å². The summed E-state index contributed by atoms with van der Waals surface area (Å²) in [6.45, 7) is 0. The van der Waals surface area contributed by atoms with Gasteiger partial charge in [0.1, 0.15) is 0 Å². The summed E-state index contributed by atoms with van der Waals surface area (Å²) in [7, 11) is 0. The molecule has 0 rings (SSSR count). The molecule has 0 aliphatic rings. The minimum atomic E-state index is -0.342. The van der Waals surface area contributed by atoms with Crippen LogP contribution >= 0.6 is 0 Å². The fourth-order valence-electron chi connectivity index (χ4n) is 0.181. The van der Waals surface area contributed by atoms with Crippen molar-refractivity contribution in [2.24, 2.45) is 21.8 Å². The lowest BCUT2D eigenvalue weighted by molar-refractivity contribution is 0.313. The minimum Gasteiger partial charge on any atom is -0.408 e. The number of oxime groups is 2. The van der Waals surface area contributed by atoms with Gasteiger partial charge in [-0.25, -0.2) is 0 Å². The van der Waals surface area contributed by atoms with Crippen LogP contribution in [0, 0.1) is 0 Å². The highest BCUT2D eigenvalue weighted by atomic mass is 16.4. The second-order valence-electron chi connectivity index (χ2n) is 1.10. The second kappa shape index (κ2) is 3.36. The van der Waals surface area contributed by atoms with Crippen molar-refractivity contribution in [2.75, 3.05) is 0 Å². The predicted molar refractivity (Wildman–Crippen MR) is 30.0 cm³/mol. The third-order valence-corrected chi connectivity index (χ3v) is 0.472. The number of nitrogens with one attached hydrogen (secondary N) is 1. The fraction of sp³-hybridized carbons (Fsp3) is 0. The molecule has 0 amide bonds. The topological polar surface area (TPSA) is 129 Å². The van der Waals surface area contributed by atoms with Gasteiger partial charge in [0.05, 0.1) is 0 Å². The Morgan fingerprint density at radius 1 is 1.11 bits per heavy atom. The molecule has 0 bridgehead atoms. The van der Waals surface area contributed by atoms with Crippen LogP contribution in [0.2, 0.25) is 0 Å². The lowest BCUT2D eigenvalue weighted by Crippen LogP contribution is -2.41. The summed E-state index contributed by atoms with van der Waals surface area (Å²) in [6, 6.07) is 0. The largest absolute Gasteiger partial charge is 0.408 e. The molecule has 0 fully saturated rings. The Morgan fingerprint density at radius 3 is 1.67 bits per heavy atom.